The highest BCUT2D eigenvalue weighted by atomic mass is 14.7. The molecule has 0 N–H and O–H groups in total. The number of hydrogen-bond donors (Lipinski definition) is 0. The Balaban J connectivity index is 1.49. The molecule has 2 aromatic heterocycles. The van der Waals surface area contributed by atoms with Gasteiger partial charge in [0.15, 0.2) is 0 Å². The maximum atomic E-state index is 9.59. The molecular weight excluding hydrogens is 609 g/mol. The molecule has 8 aromatic rings. The van der Waals surface area contributed by atoms with Gasteiger partial charge >= 0.3 is 0 Å². The maximum Gasteiger partial charge on any atom is 0.0992 e. The number of hydrogen-bond acceptors (Lipinski definition) is 4. The van der Waals surface area contributed by atoms with Gasteiger partial charge in [-0.15, -0.1) is 0 Å². The molecule has 0 aliphatic rings. The summed E-state index contributed by atoms with van der Waals surface area (Å²) in [5.74, 6) is 0. The first-order valence-corrected chi connectivity index (χ1v) is 16.4. The number of nitrogens with zero attached hydrogens (tertiary/aromatic N) is 4. The standard InChI is InChI=1S/C46H28N4/c47-29-31-21-23-49-41(25-31)35-15-9-17-37(27-35)43-39-19-7-8-20-40(39)44(38-18-10-16-36(28-38)42-26-32(30-48)22-24-50-42)46(34-13-5-2-6-14-34)45(43)33-11-3-1-4-12-33/h1-28H. The van der Waals surface area contributed by atoms with Crippen molar-refractivity contribution in [2.75, 3.05) is 0 Å². The summed E-state index contributed by atoms with van der Waals surface area (Å²) in [6.07, 6.45) is 3.38. The third-order valence-corrected chi connectivity index (χ3v) is 9.01. The quantitative estimate of drug-likeness (QED) is 0.182. The van der Waals surface area contributed by atoms with Gasteiger partial charge in [-0.2, -0.15) is 10.5 Å². The SMILES string of the molecule is N#Cc1ccnc(-c2cccc(-c3c(-c4ccccc4)c(-c4ccccc4)c(-c4cccc(-c5cc(C#N)ccn5)c4)c4ccccc34)c2)c1. The molecule has 0 aliphatic carbocycles. The van der Waals surface area contributed by atoms with Crippen LogP contribution in [0.4, 0.5) is 0 Å². The van der Waals surface area contributed by atoms with E-state index in [1.54, 1.807) is 24.5 Å². The van der Waals surface area contributed by atoms with E-state index >= 15 is 0 Å². The van der Waals surface area contributed by atoms with E-state index in [0.717, 1.165) is 77.8 Å². The average Bonchev–Trinajstić information content (AvgIpc) is 3.20. The van der Waals surface area contributed by atoms with Crippen LogP contribution >= 0.6 is 0 Å². The van der Waals surface area contributed by atoms with Crippen LogP contribution in [0.25, 0.3) is 77.8 Å². The van der Waals surface area contributed by atoms with Crippen LogP contribution in [-0.4, -0.2) is 9.97 Å². The zero-order valence-corrected chi connectivity index (χ0v) is 27.0. The van der Waals surface area contributed by atoms with Crippen LogP contribution in [0.1, 0.15) is 11.1 Å². The highest BCUT2D eigenvalue weighted by molar-refractivity contribution is 6.18. The van der Waals surface area contributed by atoms with Gasteiger partial charge in [-0.3, -0.25) is 9.97 Å². The van der Waals surface area contributed by atoms with Gasteiger partial charge in [0.05, 0.1) is 34.7 Å². The molecule has 4 heteroatoms. The lowest BCUT2D eigenvalue weighted by atomic mass is 9.78. The second-order valence-electron chi connectivity index (χ2n) is 12.0. The minimum atomic E-state index is 0.573. The molecule has 0 spiro atoms. The molecule has 0 unspecified atom stereocenters. The van der Waals surface area contributed by atoms with Gasteiger partial charge in [0, 0.05) is 23.5 Å². The Morgan fingerprint density at radius 1 is 0.340 bits per heavy atom. The Labute approximate surface area is 290 Å². The van der Waals surface area contributed by atoms with Gasteiger partial charge in [-0.05, 0) is 91.7 Å². The van der Waals surface area contributed by atoms with Gasteiger partial charge in [-0.1, -0.05) is 121 Å². The molecule has 0 saturated carbocycles. The van der Waals surface area contributed by atoms with Crippen LogP contribution in [-0.2, 0) is 0 Å². The van der Waals surface area contributed by atoms with Crippen molar-refractivity contribution in [3.8, 4) is 79.2 Å². The van der Waals surface area contributed by atoms with E-state index in [1.807, 2.05) is 36.4 Å². The van der Waals surface area contributed by atoms with Crippen LogP contribution in [0.5, 0.6) is 0 Å². The lowest BCUT2D eigenvalue weighted by molar-refractivity contribution is 1.31. The van der Waals surface area contributed by atoms with E-state index in [-0.39, 0.29) is 0 Å². The minimum absolute atomic E-state index is 0.573. The Morgan fingerprint density at radius 2 is 0.720 bits per heavy atom. The first-order chi connectivity index (χ1) is 24.7. The Bertz CT molecular complexity index is 2430. The van der Waals surface area contributed by atoms with Crippen molar-refractivity contribution >= 4 is 10.8 Å². The normalized spacial score (nSPS) is 10.8. The van der Waals surface area contributed by atoms with Gasteiger partial charge < -0.3 is 0 Å². The molecule has 0 atom stereocenters. The van der Waals surface area contributed by atoms with E-state index in [9.17, 15) is 10.5 Å². The highest BCUT2D eigenvalue weighted by Crippen LogP contribution is 2.51. The van der Waals surface area contributed by atoms with Crippen molar-refractivity contribution in [2.45, 2.75) is 0 Å². The predicted octanol–water partition coefficient (Wildman–Crippen LogP) is 11.4. The number of fused-ring (bicyclic) bond motifs is 1. The summed E-state index contributed by atoms with van der Waals surface area (Å²) in [5, 5.41) is 21.4. The molecule has 232 valence electrons. The molecule has 8 rings (SSSR count). The number of benzene rings is 6. The summed E-state index contributed by atoms with van der Waals surface area (Å²) < 4.78 is 0. The molecule has 0 bridgehead atoms. The lowest BCUT2D eigenvalue weighted by Crippen LogP contribution is -1.98. The fourth-order valence-electron chi connectivity index (χ4n) is 6.81. The summed E-state index contributed by atoms with van der Waals surface area (Å²) in [5.41, 5.74) is 13.3. The second kappa shape index (κ2) is 13.2. The van der Waals surface area contributed by atoms with Crippen LogP contribution in [0.15, 0.2) is 170 Å². The van der Waals surface area contributed by atoms with Crippen molar-refractivity contribution in [1.82, 2.24) is 9.97 Å². The molecule has 0 fully saturated rings. The molecule has 0 radical (unpaired) electrons. The molecule has 0 saturated heterocycles. The molecule has 6 aromatic carbocycles. The molecular formula is C46H28N4. The zero-order valence-electron chi connectivity index (χ0n) is 27.0. The smallest absolute Gasteiger partial charge is 0.0992 e. The zero-order chi connectivity index (χ0) is 33.9. The fraction of sp³-hybridized carbons (Fsp3) is 0. The van der Waals surface area contributed by atoms with E-state index in [4.69, 9.17) is 0 Å². The first kappa shape index (κ1) is 30.2. The summed E-state index contributed by atoms with van der Waals surface area (Å²) in [6, 6.07) is 58.3. The maximum absolute atomic E-state index is 9.59. The third kappa shape index (κ3) is 5.58. The van der Waals surface area contributed by atoms with E-state index in [2.05, 4.69) is 131 Å². The first-order valence-electron chi connectivity index (χ1n) is 16.4. The van der Waals surface area contributed by atoms with E-state index in [0.29, 0.717) is 11.1 Å². The van der Waals surface area contributed by atoms with Crippen molar-refractivity contribution in [2.24, 2.45) is 0 Å². The topological polar surface area (TPSA) is 73.4 Å². The van der Waals surface area contributed by atoms with Crippen molar-refractivity contribution in [3.05, 3.63) is 181 Å². The summed E-state index contributed by atoms with van der Waals surface area (Å²) in [4.78, 5) is 9.25. The molecule has 0 amide bonds. The fourth-order valence-corrected chi connectivity index (χ4v) is 6.81. The van der Waals surface area contributed by atoms with E-state index in [1.165, 1.54) is 0 Å². The predicted molar refractivity (Wildman–Crippen MR) is 202 cm³/mol. The summed E-state index contributed by atoms with van der Waals surface area (Å²) >= 11 is 0. The third-order valence-electron chi connectivity index (χ3n) is 9.01. The minimum Gasteiger partial charge on any atom is -0.256 e. The number of nitriles is 2. The van der Waals surface area contributed by atoms with Gasteiger partial charge in [0.25, 0.3) is 0 Å². The van der Waals surface area contributed by atoms with Crippen LogP contribution < -0.4 is 0 Å². The van der Waals surface area contributed by atoms with Crippen molar-refractivity contribution < 1.29 is 0 Å². The van der Waals surface area contributed by atoms with Crippen LogP contribution in [0, 0.1) is 22.7 Å². The number of rotatable bonds is 6. The van der Waals surface area contributed by atoms with Gasteiger partial charge in [0.2, 0.25) is 0 Å². The largest absolute Gasteiger partial charge is 0.256 e. The Kier molecular flexibility index (Phi) is 7.95. The van der Waals surface area contributed by atoms with Crippen molar-refractivity contribution in [1.29, 1.82) is 10.5 Å². The highest BCUT2D eigenvalue weighted by Gasteiger charge is 2.24. The van der Waals surface area contributed by atoms with Gasteiger partial charge in [0.1, 0.15) is 0 Å². The molecule has 4 nitrogen and oxygen atoms in total. The monoisotopic (exact) mass is 636 g/mol. The van der Waals surface area contributed by atoms with Crippen LogP contribution in [0.2, 0.25) is 0 Å². The lowest BCUT2D eigenvalue weighted by Gasteiger charge is -2.24. The van der Waals surface area contributed by atoms with E-state index < -0.39 is 0 Å². The molecule has 2 heterocycles. The second-order valence-corrected chi connectivity index (χ2v) is 12.0. The van der Waals surface area contributed by atoms with Crippen LogP contribution in [0.3, 0.4) is 0 Å². The number of aromatic nitrogens is 2. The molecule has 50 heavy (non-hydrogen) atoms. The van der Waals surface area contributed by atoms with Gasteiger partial charge in [-0.25, -0.2) is 0 Å². The summed E-state index contributed by atoms with van der Waals surface area (Å²) in [7, 11) is 0. The molecule has 0 aliphatic heterocycles. The average molecular weight is 637 g/mol. The summed E-state index contributed by atoms with van der Waals surface area (Å²) in [6.45, 7) is 0. The van der Waals surface area contributed by atoms with Crippen molar-refractivity contribution in [3.63, 3.8) is 0 Å². The Morgan fingerprint density at radius 3 is 1.14 bits per heavy atom. The number of pyridine rings is 2. The Hall–Kier alpha value is -7.14.